The van der Waals surface area contributed by atoms with Crippen molar-refractivity contribution in [2.45, 2.75) is 37.8 Å². The third-order valence-corrected chi connectivity index (χ3v) is 8.05. The first kappa shape index (κ1) is 34.4. The lowest BCUT2D eigenvalue weighted by Crippen LogP contribution is -2.24. The number of allylic oxidation sites excluding steroid dienone is 1. The molecule has 0 aliphatic rings. The zero-order valence-corrected chi connectivity index (χ0v) is 23.0. The average Bonchev–Trinajstić information content (AvgIpc) is 2.77. The summed E-state index contributed by atoms with van der Waals surface area (Å²) in [7, 11) is -2.43. The van der Waals surface area contributed by atoms with Gasteiger partial charge in [0.05, 0.1) is 20.6 Å². The lowest BCUT2D eigenvalue weighted by Gasteiger charge is -2.19. The minimum absolute atomic E-state index is 0.00488. The predicted molar refractivity (Wildman–Crippen MR) is 133 cm³/mol. The molecule has 2 aromatic carbocycles. The van der Waals surface area contributed by atoms with Crippen LogP contribution in [0.15, 0.2) is 36.4 Å². The summed E-state index contributed by atoms with van der Waals surface area (Å²) in [5, 5.41) is -1.04. The highest BCUT2D eigenvalue weighted by molar-refractivity contribution is 7.85. The standard InChI is InChI=1S/C24H17Cl3F10O2S/c1-11(9-40(39)10-22(29,30)31)4-20(38)14-3-2-12(5-16(14)24(35,36)37)19(28)8-15(23(32,33)34)13-6-17(25)21(27)18(26)7-13/h2-3,5-8,11,15H,4,9-10H2,1H3/b19-8-/t11-,15?,40?/m0/s1. The highest BCUT2D eigenvalue weighted by Gasteiger charge is 2.41. The summed E-state index contributed by atoms with van der Waals surface area (Å²) in [5.41, 5.74) is -4.25. The zero-order valence-electron chi connectivity index (χ0n) is 19.9. The molecule has 2 aromatic rings. The molecular weight excluding hydrogens is 649 g/mol. The maximum Gasteiger partial charge on any atom is 0.417 e. The smallest absolute Gasteiger partial charge is 0.294 e. The minimum Gasteiger partial charge on any atom is -0.294 e. The van der Waals surface area contributed by atoms with Crippen LogP contribution in [0.3, 0.4) is 0 Å². The Morgan fingerprint density at radius 2 is 1.50 bits per heavy atom. The topological polar surface area (TPSA) is 34.1 Å². The minimum atomic E-state index is -5.26. The van der Waals surface area contributed by atoms with E-state index in [1.807, 2.05) is 0 Å². The monoisotopic (exact) mass is 664 g/mol. The van der Waals surface area contributed by atoms with Gasteiger partial charge in [-0.25, -0.2) is 4.39 Å². The maximum atomic E-state index is 15.0. The van der Waals surface area contributed by atoms with Crippen LogP contribution < -0.4 is 0 Å². The molecule has 0 saturated carbocycles. The quantitative estimate of drug-likeness (QED) is 0.152. The summed E-state index contributed by atoms with van der Waals surface area (Å²) in [6, 6.07) is 2.87. The molecule has 222 valence electrons. The van der Waals surface area contributed by atoms with E-state index in [-0.39, 0.29) is 27.2 Å². The highest BCUT2D eigenvalue weighted by Crippen LogP contribution is 2.43. The number of halogens is 13. The number of hydrogen-bond acceptors (Lipinski definition) is 2. The van der Waals surface area contributed by atoms with Gasteiger partial charge in [-0.05, 0) is 35.8 Å². The summed E-state index contributed by atoms with van der Waals surface area (Å²) in [5.74, 6) is -8.91. The summed E-state index contributed by atoms with van der Waals surface area (Å²) in [6.45, 7) is 1.21. The Morgan fingerprint density at radius 1 is 0.950 bits per heavy atom. The summed E-state index contributed by atoms with van der Waals surface area (Å²) < 4.78 is 146. The van der Waals surface area contributed by atoms with Gasteiger partial charge >= 0.3 is 18.5 Å². The first-order valence-corrected chi connectivity index (χ1v) is 13.5. The molecule has 0 fully saturated rings. The van der Waals surface area contributed by atoms with Crippen LogP contribution in [0, 0.1) is 5.92 Å². The van der Waals surface area contributed by atoms with Crippen LogP contribution >= 0.6 is 34.8 Å². The van der Waals surface area contributed by atoms with E-state index in [4.69, 9.17) is 34.8 Å². The molecule has 3 atom stereocenters. The molecular formula is C24H17Cl3F10O2S. The van der Waals surface area contributed by atoms with Crippen LogP contribution in [-0.2, 0) is 17.0 Å². The highest BCUT2D eigenvalue weighted by atomic mass is 35.5. The van der Waals surface area contributed by atoms with Gasteiger partial charge in [-0.1, -0.05) is 53.9 Å². The molecule has 0 heterocycles. The van der Waals surface area contributed by atoms with Crippen molar-refractivity contribution in [2.75, 3.05) is 11.5 Å². The molecule has 2 rings (SSSR count). The lowest BCUT2D eigenvalue weighted by molar-refractivity contribution is -0.140. The van der Waals surface area contributed by atoms with Crippen molar-refractivity contribution in [3.63, 3.8) is 0 Å². The Balaban J connectivity index is 2.44. The third-order valence-electron chi connectivity index (χ3n) is 5.26. The SMILES string of the molecule is C[C@@H](CC(=O)c1ccc(/C(F)=C/C(c2cc(Cl)c(Cl)c(Cl)c2)C(F)(F)F)cc1C(F)(F)F)CS(=O)CC(F)(F)F. The average molecular weight is 666 g/mol. The van der Waals surface area contributed by atoms with Gasteiger partial charge in [0, 0.05) is 34.1 Å². The van der Waals surface area contributed by atoms with Crippen LogP contribution in [0.1, 0.15) is 46.3 Å². The molecule has 16 heteroatoms. The van der Waals surface area contributed by atoms with Crippen molar-refractivity contribution in [3.8, 4) is 0 Å². The molecule has 2 nitrogen and oxygen atoms in total. The molecule has 40 heavy (non-hydrogen) atoms. The molecule has 0 saturated heterocycles. The van der Waals surface area contributed by atoms with Gasteiger partial charge in [0.1, 0.15) is 17.5 Å². The maximum absolute atomic E-state index is 15.0. The van der Waals surface area contributed by atoms with E-state index < -0.39 is 93.0 Å². The molecule has 0 spiro atoms. The number of carbonyl (C=O) groups is 1. The number of carbonyl (C=O) groups excluding carboxylic acids is 1. The van der Waals surface area contributed by atoms with Crippen molar-refractivity contribution < 1.29 is 52.9 Å². The van der Waals surface area contributed by atoms with E-state index >= 15 is 0 Å². The van der Waals surface area contributed by atoms with Crippen LogP contribution in [-0.4, -0.2) is 33.9 Å². The normalized spacial score (nSPS) is 15.6. The number of hydrogen-bond donors (Lipinski definition) is 0. The molecule has 2 unspecified atom stereocenters. The molecule has 0 aliphatic heterocycles. The van der Waals surface area contributed by atoms with Crippen LogP contribution in [0.2, 0.25) is 15.1 Å². The first-order valence-electron chi connectivity index (χ1n) is 10.8. The molecule has 0 radical (unpaired) electrons. The van der Waals surface area contributed by atoms with Crippen molar-refractivity contribution in [1.82, 2.24) is 0 Å². The van der Waals surface area contributed by atoms with Gasteiger partial charge in [0.15, 0.2) is 5.78 Å². The summed E-state index contributed by atoms with van der Waals surface area (Å²) in [6.07, 6.45) is -15.9. The number of Topliss-reactive ketones (excluding diaryl/α,β-unsaturated/α-hetero) is 1. The van der Waals surface area contributed by atoms with Crippen LogP contribution in [0.5, 0.6) is 0 Å². The van der Waals surface area contributed by atoms with Crippen LogP contribution in [0.4, 0.5) is 43.9 Å². The van der Waals surface area contributed by atoms with Crippen molar-refractivity contribution >= 4 is 57.2 Å². The number of alkyl halides is 9. The molecule has 0 N–H and O–H groups in total. The fourth-order valence-corrected chi connectivity index (χ4v) is 5.44. The Labute approximate surface area is 238 Å². The van der Waals surface area contributed by atoms with Gasteiger partial charge in [-0.15, -0.1) is 0 Å². The zero-order chi connectivity index (χ0) is 30.8. The molecule has 0 bridgehead atoms. The lowest BCUT2D eigenvalue weighted by atomic mass is 9.93. The Kier molecular flexibility index (Phi) is 11.2. The van der Waals surface area contributed by atoms with E-state index in [2.05, 4.69) is 0 Å². The Hall–Kier alpha value is -1.83. The molecule has 0 aliphatic carbocycles. The fraction of sp³-hybridized carbons (Fsp3) is 0.375. The van der Waals surface area contributed by atoms with Gasteiger partial charge < -0.3 is 0 Å². The Morgan fingerprint density at radius 3 is 1.98 bits per heavy atom. The third kappa shape index (κ3) is 9.63. The van der Waals surface area contributed by atoms with E-state index in [1.165, 1.54) is 6.92 Å². The largest absolute Gasteiger partial charge is 0.417 e. The second-order valence-corrected chi connectivity index (χ2v) is 11.4. The predicted octanol–water partition coefficient (Wildman–Crippen LogP) is 9.84. The van der Waals surface area contributed by atoms with Crippen LogP contribution in [0.25, 0.3) is 5.83 Å². The molecule has 0 amide bonds. The number of benzene rings is 2. The van der Waals surface area contributed by atoms with Gasteiger partial charge in [-0.3, -0.25) is 9.00 Å². The number of ketones is 1. The summed E-state index contributed by atoms with van der Waals surface area (Å²) in [4.78, 5) is 12.5. The van der Waals surface area contributed by atoms with Crippen molar-refractivity contribution in [3.05, 3.63) is 73.7 Å². The fourth-order valence-electron chi connectivity index (χ4n) is 3.59. The summed E-state index contributed by atoms with van der Waals surface area (Å²) >= 11 is 17.2. The van der Waals surface area contributed by atoms with Crippen molar-refractivity contribution in [1.29, 1.82) is 0 Å². The van der Waals surface area contributed by atoms with Gasteiger partial charge in [-0.2, -0.15) is 39.5 Å². The molecule has 0 aromatic heterocycles. The van der Waals surface area contributed by atoms with E-state index in [0.717, 1.165) is 12.1 Å². The van der Waals surface area contributed by atoms with E-state index in [9.17, 15) is 52.9 Å². The van der Waals surface area contributed by atoms with Gasteiger partial charge in [0.25, 0.3) is 0 Å². The first-order chi connectivity index (χ1) is 18.1. The van der Waals surface area contributed by atoms with E-state index in [0.29, 0.717) is 12.1 Å². The second-order valence-electron chi connectivity index (χ2n) is 8.69. The second kappa shape index (κ2) is 13.0. The Bertz CT molecular complexity index is 1280. The van der Waals surface area contributed by atoms with Crippen molar-refractivity contribution in [2.24, 2.45) is 5.92 Å². The van der Waals surface area contributed by atoms with Gasteiger partial charge in [0.2, 0.25) is 0 Å². The number of rotatable bonds is 9. The van der Waals surface area contributed by atoms with E-state index in [1.54, 1.807) is 0 Å².